The van der Waals surface area contributed by atoms with Crippen LogP contribution in [0.4, 0.5) is 0 Å². The molecule has 0 radical (unpaired) electrons. The Labute approximate surface area is 117 Å². The number of benzene rings is 1. The predicted octanol–water partition coefficient (Wildman–Crippen LogP) is 3.62. The molecule has 1 N–H and O–H groups in total. The quantitative estimate of drug-likeness (QED) is 0.925. The number of carbonyl (C=O) groups is 1. The summed E-state index contributed by atoms with van der Waals surface area (Å²) in [5.41, 5.74) is 1.54. The maximum atomic E-state index is 12.2. The maximum Gasteiger partial charge on any atom is 0.253 e. The molecule has 0 spiro atoms. The Morgan fingerprint density at radius 1 is 1.32 bits per heavy atom. The van der Waals surface area contributed by atoms with Gasteiger partial charge in [0.05, 0.1) is 16.6 Å². The highest BCUT2D eigenvalue weighted by atomic mass is 35.5. The molecular formula is C15H15ClN2O. The number of halogens is 1. The zero-order valence-corrected chi connectivity index (χ0v) is 11.4. The Balaban J connectivity index is 2.16. The molecule has 19 heavy (non-hydrogen) atoms. The van der Waals surface area contributed by atoms with Crippen molar-refractivity contribution in [1.29, 1.82) is 0 Å². The van der Waals surface area contributed by atoms with Crippen molar-refractivity contribution >= 4 is 17.5 Å². The monoisotopic (exact) mass is 274 g/mol. The van der Waals surface area contributed by atoms with Crippen LogP contribution in [0, 0.1) is 0 Å². The smallest absolute Gasteiger partial charge is 0.253 e. The van der Waals surface area contributed by atoms with E-state index < -0.39 is 0 Å². The maximum absolute atomic E-state index is 12.2. The van der Waals surface area contributed by atoms with Crippen LogP contribution in [0.2, 0.25) is 5.02 Å². The number of pyridine rings is 1. The van der Waals surface area contributed by atoms with E-state index in [-0.39, 0.29) is 11.9 Å². The van der Waals surface area contributed by atoms with E-state index in [4.69, 9.17) is 11.6 Å². The number of amides is 1. The van der Waals surface area contributed by atoms with Crippen molar-refractivity contribution in [3.8, 4) is 0 Å². The molecule has 0 aliphatic carbocycles. The standard InChI is InChI=1S/C15H15ClN2O/c1-2-14(11-6-4-3-5-7-11)18-15(19)12-8-9-17-10-13(12)16/h3-10,14H,2H2,1H3,(H,18,19). The van der Waals surface area contributed by atoms with Crippen LogP contribution in [0.1, 0.15) is 35.3 Å². The van der Waals surface area contributed by atoms with Gasteiger partial charge in [-0.1, -0.05) is 48.9 Å². The first kappa shape index (κ1) is 13.6. The molecule has 0 saturated heterocycles. The first-order chi connectivity index (χ1) is 9.22. The average Bonchev–Trinajstić information content (AvgIpc) is 2.46. The zero-order valence-electron chi connectivity index (χ0n) is 10.6. The Morgan fingerprint density at radius 2 is 2.05 bits per heavy atom. The van der Waals surface area contributed by atoms with Crippen molar-refractivity contribution in [3.63, 3.8) is 0 Å². The van der Waals surface area contributed by atoms with Gasteiger partial charge in [-0.05, 0) is 18.1 Å². The van der Waals surface area contributed by atoms with Crippen LogP contribution in [0.25, 0.3) is 0 Å². The number of hydrogen-bond donors (Lipinski definition) is 1. The first-order valence-electron chi connectivity index (χ1n) is 6.17. The number of nitrogens with one attached hydrogen (secondary N) is 1. The minimum atomic E-state index is -0.178. The van der Waals surface area contributed by atoms with E-state index >= 15 is 0 Å². The fourth-order valence-corrected chi connectivity index (χ4v) is 2.11. The van der Waals surface area contributed by atoms with Gasteiger partial charge in [-0.15, -0.1) is 0 Å². The molecule has 1 aromatic heterocycles. The Bertz CT molecular complexity index is 557. The van der Waals surface area contributed by atoms with Crippen molar-refractivity contribution in [1.82, 2.24) is 10.3 Å². The van der Waals surface area contributed by atoms with E-state index in [0.717, 1.165) is 12.0 Å². The van der Waals surface area contributed by atoms with E-state index in [2.05, 4.69) is 10.3 Å². The van der Waals surface area contributed by atoms with Crippen LogP contribution in [-0.4, -0.2) is 10.9 Å². The summed E-state index contributed by atoms with van der Waals surface area (Å²) in [5, 5.41) is 3.35. The van der Waals surface area contributed by atoms with E-state index in [1.165, 1.54) is 6.20 Å². The van der Waals surface area contributed by atoms with Gasteiger partial charge in [0.25, 0.3) is 5.91 Å². The summed E-state index contributed by atoms with van der Waals surface area (Å²) in [6, 6.07) is 11.5. The summed E-state index contributed by atoms with van der Waals surface area (Å²) in [5.74, 6) is -0.178. The lowest BCUT2D eigenvalue weighted by Gasteiger charge is -2.17. The lowest BCUT2D eigenvalue weighted by molar-refractivity contribution is 0.0935. The van der Waals surface area contributed by atoms with Crippen LogP contribution in [0.3, 0.4) is 0 Å². The third-order valence-corrected chi connectivity index (χ3v) is 3.23. The van der Waals surface area contributed by atoms with Gasteiger partial charge in [0.2, 0.25) is 0 Å². The van der Waals surface area contributed by atoms with Crippen LogP contribution in [-0.2, 0) is 0 Å². The molecule has 0 bridgehead atoms. The van der Waals surface area contributed by atoms with Crippen molar-refractivity contribution in [2.45, 2.75) is 19.4 Å². The third-order valence-electron chi connectivity index (χ3n) is 2.93. The molecule has 1 amide bonds. The highest BCUT2D eigenvalue weighted by Crippen LogP contribution is 2.19. The second-order valence-electron chi connectivity index (χ2n) is 4.20. The second-order valence-corrected chi connectivity index (χ2v) is 4.61. The van der Waals surface area contributed by atoms with Gasteiger partial charge in [-0.3, -0.25) is 9.78 Å². The number of nitrogens with zero attached hydrogens (tertiary/aromatic N) is 1. The summed E-state index contributed by atoms with van der Waals surface area (Å²) < 4.78 is 0. The first-order valence-corrected chi connectivity index (χ1v) is 6.55. The van der Waals surface area contributed by atoms with Crippen LogP contribution in [0.15, 0.2) is 48.8 Å². The molecule has 4 heteroatoms. The molecule has 0 aliphatic rings. The number of aromatic nitrogens is 1. The van der Waals surface area contributed by atoms with Gasteiger partial charge in [0, 0.05) is 12.4 Å². The van der Waals surface area contributed by atoms with Crippen molar-refractivity contribution in [3.05, 3.63) is 64.9 Å². The van der Waals surface area contributed by atoms with Gasteiger partial charge >= 0.3 is 0 Å². The van der Waals surface area contributed by atoms with E-state index in [1.54, 1.807) is 12.3 Å². The van der Waals surface area contributed by atoms with Crippen LogP contribution < -0.4 is 5.32 Å². The minimum Gasteiger partial charge on any atom is -0.345 e. The molecule has 1 aromatic carbocycles. The van der Waals surface area contributed by atoms with Gasteiger partial charge < -0.3 is 5.32 Å². The Kier molecular flexibility index (Phi) is 4.53. The number of hydrogen-bond acceptors (Lipinski definition) is 2. The van der Waals surface area contributed by atoms with Crippen molar-refractivity contribution in [2.24, 2.45) is 0 Å². The van der Waals surface area contributed by atoms with Gasteiger partial charge in [-0.2, -0.15) is 0 Å². The van der Waals surface area contributed by atoms with Gasteiger partial charge in [0.15, 0.2) is 0 Å². The highest BCUT2D eigenvalue weighted by molar-refractivity contribution is 6.33. The lowest BCUT2D eigenvalue weighted by Crippen LogP contribution is -2.28. The molecule has 0 saturated carbocycles. The summed E-state index contributed by atoms with van der Waals surface area (Å²) in [6.07, 6.45) is 3.85. The molecule has 3 nitrogen and oxygen atoms in total. The van der Waals surface area contributed by atoms with E-state index in [1.807, 2.05) is 37.3 Å². The largest absolute Gasteiger partial charge is 0.345 e. The summed E-state index contributed by atoms with van der Waals surface area (Å²) in [6.45, 7) is 2.03. The van der Waals surface area contributed by atoms with Crippen LogP contribution in [0.5, 0.6) is 0 Å². The molecule has 98 valence electrons. The minimum absolute atomic E-state index is 0.0158. The number of rotatable bonds is 4. The summed E-state index contributed by atoms with van der Waals surface area (Å²) in [7, 11) is 0. The zero-order chi connectivity index (χ0) is 13.7. The fraction of sp³-hybridized carbons (Fsp3) is 0.200. The molecule has 0 aliphatic heterocycles. The molecule has 0 fully saturated rings. The molecule has 2 aromatic rings. The second kappa shape index (κ2) is 6.34. The van der Waals surface area contributed by atoms with Gasteiger partial charge in [-0.25, -0.2) is 0 Å². The molecule has 2 rings (SSSR count). The molecule has 1 unspecified atom stereocenters. The molecule has 1 heterocycles. The topological polar surface area (TPSA) is 42.0 Å². The molecule has 1 atom stereocenters. The van der Waals surface area contributed by atoms with Gasteiger partial charge in [0.1, 0.15) is 0 Å². The van der Waals surface area contributed by atoms with Crippen molar-refractivity contribution in [2.75, 3.05) is 0 Å². The number of carbonyl (C=O) groups excluding carboxylic acids is 1. The summed E-state index contributed by atoms with van der Waals surface area (Å²) in [4.78, 5) is 16.1. The lowest BCUT2D eigenvalue weighted by atomic mass is 10.0. The predicted molar refractivity (Wildman–Crippen MR) is 76.2 cm³/mol. The highest BCUT2D eigenvalue weighted by Gasteiger charge is 2.15. The SMILES string of the molecule is CCC(NC(=O)c1ccncc1Cl)c1ccccc1. The molecular weight excluding hydrogens is 260 g/mol. The normalized spacial score (nSPS) is 11.9. The van der Waals surface area contributed by atoms with Crippen molar-refractivity contribution < 1.29 is 4.79 Å². The fourth-order valence-electron chi connectivity index (χ4n) is 1.90. The van der Waals surface area contributed by atoms with E-state index in [9.17, 15) is 4.79 Å². The van der Waals surface area contributed by atoms with Crippen LogP contribution >= 0.6 is 11.6 Å². The average molecular weight is 275 g/mol. The summed E-state index contributed by atoms with van der Waals surface area (Å²) >= 11 is 5.97. The Morgan fingerprint density at radius 3 is 2.68 bits per heavy atom. The van der Waals surface area contributed by atoms with E-state index in [0.29, 0.717) is 10.6 Å². The Hall–Kier alpha value is -1.87. The third kappa shape index (κ3) is 3.32.